The van der Waals surface area contributed by atoms with E-state index in [0.29, 0.717) is 16.9 Å². The molecule has 8 heteroatoms. The van der Waals surface area contributed by atoms with Crippen LogP contribution in [0.4, 0.5) is 5.69 Å². The van der Waals surface area contributed by atoms with Crippen LogP contribution in [0.5, 0.6) is 11.5 Å². The minimum Gasteiger partial charge on any atom is -0.545 e. The van der Waals surface area contributed by atoms with Gasteiger partial charge < -0.3 is 19.4 Å². The first-order chi connectivity index (χ1) is 11.7. The quantitative estimate of drug-likeness (QED) is 0.832. The van der Waals surface area contributed by atoms with Crippen molar-refractivity contribution < 1.29 is 27.8 Å². The Hall–Kier alpha value is -2.74. The summed E-state index contributed by atoms with van der Waals surface area (Å²) in [5, 5.41) is 11.1. The molecule has 0 aliphatic heterocycles. The van der Waals surface area contributed by atoms with E-state index in [-0.39, 0.29) is 21.9 Å². The third kappa shape index (κ3) is 3.85. The molecule has 0 aliphatic rings. The van der Waals surface area contributed by atoms with Crippen LogP contribution in [-0.4, -0.2) is 28.6 Å². The van der Waals surface area contributed by atoms with Crippen molar-refractivity contribution in [3.8, 4) is 11.5 Å². The number of methoxy groups -OCH3 is 2. The molecule has 134 valence electrons. The molecule has 7 nitrogen and oxygen atoms in total. The molecule has 0 atom stereocenters. The minimum absolute atomic E-state index is 0.135. The van der Waals surface area contributed by atoms with Gasteiger partial charge in [0.25, 0.3) is 10.0 Å². The number of carbonyl (C=O) groups is 1. The Morgan fingerprint density at radius 3 is 2.32 bits per heavy atom. The van der Waals surface area contributed by atoms with Crippen LogP contribution in [0.2, 0.25) is 0 Å². The van der Waals surface area contributed by atoms with Gasteiger partial charge in [0.15, 0.2) is 0 Å². The number of carboxylic acid groups (broad SMARTS) is 1. The molecule has 0 saturated carbocycles. The van der Waals surface area contributed by atoms with Crippen LogP contribution >= 0.6 is 0 Å². The molecule has 2 aromatic rings. The van der Waals surface area contributed by atoms with E-state index in [9.17, 15) is 18.3 Å². The zero-order chi connectivity index (χ0) is 18.8. The third-order valence-corrected chi connectivity index (χ3v) is 5.29. The molecule has 0 spiro atoms. The fourth-order valence-corrected chi connectivity index (χ4v) is 3.72. The summed E-state index contributed by atoms with van der Waals surface area (Å²) >= 11 is 0. The van der Waals surface area contributed by atoms with E-state index in [2.05, 4.69) is 4.72 Å². The Bertz CT molecular complexity index is 921. The van der Waals surface area contributed by atoms with Gasteiger partial charge in [0, 0.05) is 6.07 Å². The molecule has 0 aliphatic carbocycles. The highest BCUT2D eigenvalue weighted by Gasteiger charge is 2.21. The van der Waals surface area contributed by atoms with Crippen molar-refractivity contribution >= 4 is 21.7 Å². The number of aryl methyl sites for hydroxylation is 1. The first-order valence-electron chi connectivity index (χ1n) is 7.27. The van der Waals surface area contributed by atoms with Gasteiger partial charge in [0.2, 0.25) is 0 Å². The van der Waals surface area contributed by atoms with Crippen LogP contribution in [0, 0.1) is 13.8 Å². The zero-order valence-electron chi connectivity index (χ0n) is 14.2. The second-order valence-electron chi connectivity index (χ2n) is 5.38. The molecule has 25 heavy (non-hydrogen) atoms. The molecule has 1 N–H and O–H groups in total. The van der Waals surface area contributed by atoms with Crippen LogP contribution < -0.4 is 19.3 Å². The van der Waals surface area contributed by atoms with E-state index in [1.807, 2.05) is 0 Å². The van der Waals surface area contributed by atoms with Crippen molar-refractivity contribution in [2.45, 2.75) is 18.7 Å². The number of carboxylic acids is 1. The van der Waals surface area contributed by atoms with Gasteiger partial charge in [0.1, 0.15) is 11.5 Å². The predicted molar refractivity (Wildman–Crippen MR) is 90.6 cm³/mol. The summed E-state index contributed by atoms with van der Waals surface area (Å²) in [4.78, 5) is 11.0. The highest BCUT2D eigenvalue weighted by Crippen LogP contribution is 2.32. The van der Waals surface area contributed by atoms with Crippen molar-refractivity contribution in [1.29, 1.82) is 0 Å². The third-order valence-electron chi connectivity index (χ3n) is 3.80. The van der Waals surface area contributed by atoms with Crippen molar-refractivity contribution in [3.05, 3.63) is 47.0 Å². The van der Waals surface area contributed by atoms with Gasteiger partial charge in [-0.25, -0.2) is 8.42 Å². The molecule has 0 bridgehead atoms. The zero-order valence-corrected chi connectivity index (χ0v) is 15.1. The summed E-state index contributed by atoms with van der Waals surface area (Å²) in [6, 6.07) is 7.07. The van der Waals surface area contributed by atoms with E-state index >= 15 is 0 Å². The maximum absolute atomic E-state index is 12.8. The Morgan fingerprint density at radius 2 is 1.76 bits per heavy atom. The lowest BCUT2D eigenvalue weighted by Gasteiger charge is -2.16. The molecule has 0 saturated heterocycles. The lowest BCUT2D eigenvalue weighted by molar-refractivity contribution is -0.255. The lowest BCUT2D eigenvalue weighted by atomic mass is 10.1. The van der Waals surface area contributed by atoms with Crippen molar-refractivity contribution in [2.75, 3.05) is 18.9 Å². The minimum atomic E-state index is -4.04. The van der Waals surface area contributed by atoms with E-state index < -0.39 is 16.0 Å². The number of sulfonamides is 1. The average molecular weight is 364 g/mol. The van der Waals surface area contributed by atoms with Crippen LogP contribution in [-0.2, 0) is 10.0 Å². The number of nitrogens with one attached hydrogen (secondary N) is 1. The van der Waals surface area contributed by atoms with Gasteiger partial charge >= 0.3 is 0 Å². The Kier molecular flexibility index (Phi) is 5.22. The molecule has 0 radical (unpaired) electrons. The molecular weight excluding hydrogens is 346 g/mol. The van der Waals surface area contributed by atoms with Gasteiger partial charge in [-0.15, -0.1) is 0 Å². The molecule has 2 aromatic carbocycles. The van der Waals surface area contributed by atoms with Gasteiger partial charge in [-0.2, -0.15) is 0 Å². The van der Waals surface area contributed by atoms with Gasteiger partial charge in [-0.05, 0) is 54.8 Å². The smallest absolute Gasteiger partial charge is 0.262 e. The van der Waals surface area contributed by atoms with E-state index in [1.54, 1.807) is 19.9 Å². The first kappa shape index (κ1) is 18.6. The standard InChI is InChI=1S/C17H19NO6S/c1-10-7-12(17(19)20)8-16(11(10)2)25(21,22)18-14-6-5-13(23-3)9-15(14)24-4/h5-9,18H,1-4H3,(H,19,20)/p-1. The molecule has 0 heterocycles. The number of rotatable bonds is 6. The Balaban J connectivity index is 2.52. The van der Waals surface area contributed by atoms with E-state index in [1.165, 1.54) is 32.4 Å². The number of ether oxygens (including phenoxy) is 2. The molecule has 0 amide bonds. The largest absolute Gasteiger partial charge is 0.545 e. The average Bonchev–Trinajstić information content (AvgIpc) is 2.56. The summed E-state index contributed by atoms with van der Waals surface area (Å²) in [6.45, 7) is 3.24. The van der Waals surface area contributed by atoms with Crippen molar-refractivity contribution in [2.24, 2.45) is 0 Å². The highest BCUT2D eigenvalue weighted by atomic mass is 32.2. The monoisotopic (exact) mass is 364 g/mol. The predicted octanol–water partition coefficient (Wildman–Crippen LogP) is 1.48. The Labute approximate surface area is 146 Å². The second-order valence-corrected chi connectivity index (χ2v) is 7.03. The van der Waals surface area contributed by atoms with Crippen LogP contribution in [0.25, 0.3) is 0 Å². The summed E-state index contributed by atoms with van der Waals surface area (Å²) in [6.07, 6.45) is 0. The van der Waals surface area contributed by atoms with Crippen molar-refractivity contribution in [3.63, 3.8) is 0 Å². The first-order valence-corrected chi connectivity index (χ1v) is 8.75. The topological polar surface area (TPSA) is 105 Å². The van der Waals surface area contributed by atoms with Crippen LogP contribution in [0.15, 0.2) is 35.2 Å². The summed E-state index contributed by atoms with van der Waals surface area (Å²) in [7, 11) is -1.15. The normalized spacial score (nSPS) is 11.0. The summed E-state index contributed by atoms with van der Waals surface area (Å²) < 4.78 is 38.2. The van der Waals surface area contributed by atoms with Gasteiger partial charge in [-0.3, -0.25) is 4.72 Å². The van der Waals surface area contributed by atoms with Gasteiger partial charge in [0.05, 0.1) is 30.8 Å². The number of hydrogen-bond donors (Lipinski definition) is 1. The SMILES string of the molecule is COc1ccc(NS(=O)(=O)c2cc(C(=O)[O-])cc(C)c2C)c(OC)c1. The summed E-state index contributed by atoms with van der Waals surface area (Å²) in [5.41, 5.74) is 0.984. The van der Waals surface area contributed by atoms with Crippen LogP contribution in [0.3, 0.4) is 0 Å². The highest BCUT2D eigenvalue weighted by molar-refractivity contribution is 7.92. The molecule has 0 aromatic heterocycles. The van der Waals surface area contributed by atoms with E-state index in [0.717, 1.165) is 6.07 Å². The fourth-order valence-electron chi connectivity index (χ4n) is 2.31. The van der Waals surface area contributed by atoms with Crippen molar-refractivity contribution in [1.82, 2.24) is 0 Å². The molecule has 0 unspecified atom stereocenters. The number of aromatic carboxylic acids is 1. The number of benzene rings is 2. The maximum atomic E-state index is 12.8. The van der Waals surface area contributed by atoms with Gasteiger partial charge in [-0.1, -0.05) is 0 Å². The molecular formula is C17H18NO6S-. The molecule has 0 fully saturated rings. The maximum Gasteiger partial charge on any atom is 0.262 e. The number of carbonyl (C=O) groups excluding carboxylic acids is 1. The van der Waals surface area contributed by atoms with Crippen LogP contribution in [0.1, 0.15) is 21.5 Å². The second kappa shape index (κ2) is 7.02. The number of anilines is 1. The Morgan fingerprint density at radius 1 is 1.08 bits per heavy atom. The molecule has 2 rings (SSSR count). The lowest BCUT2D eigenvalue weighted by Crippen LogP contribution is -2.24. The van der Waals surface area contributed by atoms with E-state index in [4.69, 9.17) is 9.47 Å². The number of hydrogen-bond acceptors (Lipinski definition) is 6. The fraction of sp³-hybridized carbons (Fsp3) is 0.235. The summed E-state index contributed by atoms with van der Waals surface area (Å²) in [5.74, 6) is -0.666.